The van der Waals surface area contributed by atoms with Crippen molar-refractivity contribution in [2.45, 2.75) is 45.1 Å². The molecule has 104 valence electrons. The van der Waals surface area contributed by atoms with Gasteiger partial charge in [-0.1, -0.05) is 24.6 Å². The highest BCUT2D eigenvalue weighted by Gasteiger charge is 2.16. The second-order valence-electron chi connectivity index (χ2n) is 5.73. The molecule has 0 aliphatic heterocycles. The Morgan fingerprint density at radius 3 is 2.39 bits per heavy atom. The molecule has 0 saturated carbocycles. The molecular weight excluding hydrogens is 226 g/mol. The fourth-order valence-corrected chi connectivity index (χ4v) is 1.58. The maximum absolute atomic E-state index is 10.2. The van der Waals surface area contributed by atoms with E-state index in [-0.39, 0.29) is 0 Å². The van der Waals surface area contributed by atoms with Crippen LogP contribution in [0.1, 0.15) is 39.0 Å². The van der Waals surface area contributed by atoms with Gasteiger partial charge >= 0.3 is 5.97 Å². The molecule has 1 N–H and O–H groups in total. The number of unbranched alkanes of at least 4 members (excludes halogenated alkanes) is 3. The van der Waals surface area contributed by atoms with Crippen molar-refractivity contribution >= 4 is 5.97 Å². The fraction of sp³-hybridized carbons (Fsp3) is 0.667. The highest BCUT2D eigenvalue weighted by atomic mass is 16.4. The Bertz CT molecular complexity index is 287. The number of quaternary nitrogens is 1. The molecule has 18 heavy (non-hydrogen) atoms. The summed E-state index contributed by atoms with van der Waals surface area (Å²) >= 11 is 0. The molecular formula is C15H28NO2+. The molecule has 0 fully saturated rings. The summed E-state index contributed by atoms with van der Waals surface area (Å²) in [5.41, 5.74) is 0. The molecule has 0 aromatic carbocycles. The summed E-state index contributed by atoms with van der Waals surface area (Å²) in [7, 11) is 6.71. The maximum Gasteiger partial charge on any atom is 0.328 e. The van der Waals surface area contributed by atoms with Crippen molar-refractivity contribution < 1.29 is 14.4 Å². The summed E-state index contributed by atoms with van der Waals surface area (Å²) < 4.78 is 1.03. The molecule has 0 heterocycles. The monoisotopic (exact) mass is 254 g/mol. The van der Waals surface area contributed by atoms with Gasteiger partial charge < -0.3 is 9.59 Å². The van der Waals surface area contributed by atoms with Crippen LogP contribution in [0.3, 0.4) is 0 Å². The zero-order chi connectivity index (χ0) is 14.0. The third kappa shape index (κ3) is 10.1. The number of carboxylic acid groups (broad SMARTS) is 1. The van der Waals surface area contributed by atoms with Gasteiger partial charge in [-0.25, -0.2) is 4.79 Å². The van der Waals surface area contributed by atoms with Gasteiger partial charge in [0.1, 0.15) is 0 Å². The van der Waals surface area contributed by atoms with Crippen molar-refractivity contribution in [3.63, 3.8) is 0 Å². The smallest absolute Gasteiger partial charge is 0.328 e. The van der Waals surface area contributed by atoms with Crippen molar-refractivity contribution in [3.05, 3.63) is 24.3 Å². The second-order valence-corrected chi connectivity index (χ2v) is 5.73. The van der Waals surface area contributed by atoms with Gasteiger partial charge in [0.15, 0.2) is 0 Å². The molecule has 3 heteroatoms. The van der Waals surface area contributed by atoms with Crippen LogP contribution in [-0.2, 0) is 4.79 Å². The molecule has 0 amide bonds. The van der Waals surface area contributed by atoms with Crippen LogP contribution < -0.4 is 0 Å². The number of aliphatic carboxylic acids is 1. The van der Waals surface area contributed by atoms with E-state index in [1.165, 1.54) is 25.7 Å². The van der Waals surface area contributed by atoms with Crippen LogP contribution in [-0.4, -0.2) is 42.7 Å². The lowest BCUT2D eigenvalue weighted by Crippen LogP contribution is -2.43. The lowest BCUT2D eigenvalue weighted by molar-refractivity contribution is -0.894. The van der Waals surface area contributed by atoms with Crippen molar-refractivity contribution in [2.24, 2.45) is 0 Å². The molecule has 0 rings (SSSR count). The second kappa shape index (κ2) is 8.92. The Kier molecular flexibility index (Phi) is 8.38. The van der Waals surface area contributed by atoms with E-state index >= 15 is 0 Å². The normalized spacial score (nSPS) is 14.4. The highest BCUT2D eigenvalue weighted by Crippen LogP contribution is 2.12. The summed E-state index contributed by atoms with van der Waals surface area (Å²) in [5, 5.41) is 8.38. The van der Waals surface area contributed by atoms with Crippen LogP contribution >= 0.6 is 0 Å². The van der Waals surface area contributed by atoms with Crippen LogP contribution in [0.15, 0.2) is 24.3 Å². The first kappa shape index (κ1) is 16.9. The topological polar surface area (TPSA) is 37.3 Å². The van der Waals surface area contributed by atoms with Crippen LogP contribution in [0, 0.1) is 0 Å². The summed E-state index contributed by atoms with van der Waals surface area (Å²) in [6.07, 6.45) is 12.6. The average Bonchev–Trinajstić information content (AvgIpc) is 2.24. The van der Waals surface area contributed by atoms with Gasteiger partial charge in [-0.15, -0.1) is 0 Å². The minimum absolute atomic E-state index is 0.707. The zero-order valence-electron chi connectivity index (χ0n) is 12.2. The van der Waals surface area contributed by atoms with Crippen LogP contribution in [0.5, 0.6) is 0 Å². The lowest BCUT2D eigenvalue weighted by Gasteiger charge is -2.31. The van der Waals surface area contributed by atoms with E-state index in [1.807, 2.05) is 12.2 Å². The number of rotatable bonds is 9. The minimum atomic E-state index is -0.894. The third-order valence-corrected chi connectivity index (χ3v) is 3.30. The Labute approximate surface area is 111 Å². The third-order valence-electron chi connectivity index (χ3n) is 3.30. The zero-order valence-corrected chi connectivity index (χ0v) is 12.2. The molecule has 0 aromatic rings. The van der Waals surface area contributed by atoms with Gasteiger partial charge in [0, 0.05) is 6.08 Å². The lowest BCUT2D eigenvalue weighted by atomic mass is 10.1. The van der Waals surface area contributed by atoms with E-state index in [2.05, 4.69) is 28.1 Å². The highest BCUT2D eigenvalue weighted by molar-refractivity contribution is 5.80. The van der Waals surface area contributed by atoms with E-state index in [4.69, 9.17) is 5.11 Å². The number of allylic oxidation sites excluding steroid dienone is 3. The van der Waals surface area contributed by atoms with Gasteiger partial charge in [-0.2, -0.15) is 0 Å². The van der Waals surface area contributed by atoms with Crippen LogP contribution in [0.25, 0.3) is 0 Å². The number of hydrogen-bond acceptors (Lipinski definition) is 1. The molecule has 0 spiro atoms. The molecule has 0 aliphatic rings. The van der Waals surface area contributed by atoms with Crippen LogP contribution in [0.4, 0.5) is 0 Å². The molecule has 0 radical (unpaired) electrons. The van der Waals surface area contributed by atoms with Crippen LogP contribution in [0.2, 0.25) is 0 Å². The van der Waals surface area contributed by atoms with Crippen molar-refractivity contribution in [1.29, 1.82) is 0 Å². The quantitative estimate of drug-likeness (QED) is 0.297. The predicted molar refractivity (Wildman–Crippen MR) is 76.5 cm³/mol. The predicted octanol–water partition coefficient (Wildman–Crippen LogP) is 3.23. The maximum atomic E-state index is 10.2. The number of carboxylic acids is 1. The molecule has 0 saturated heterocycles. The Balaban J connectivity index is 3.50. The largest absolute Gasteiger partial charge is 0.478 e. The van der Waals surface area contributed by atoms with E-state index < -0.39 is 5.97 Å². The van der Waals surface area contributed by atoms with Gasteiger partial charge in [0.25, 0.3) is 0 Å². The Hall–Kier alpha value is -1.09. The minimum Gasteiger partial charge on any atom is -0.478 e. The van der Waals surface area contributed by atoms with Gasteiger partial charge in [-0.05, 0) is 32.6 Å². The summed E-state index contributed by atoms with van der Waals surface area (Å²) in [5.74, 6) is -0.894. The first-order valence-electron chi connectivity index (χ1n) is 6.71. The van der Waals surface area contributed by atoms with E-state index in [1.54, 1.807) is 6.08 Å². The molecule has 0 bridgehead atoms. The number of carbonyl (C=O) groups is 1. The summed E-state index contributed by atoms with van der Waals surface area (Å²) in [4.78, 5) is 10.2. The standard InChI is InChI=1S/C15H27NO2/c1-14(16(2,3)4)12-10-8-6-5-7-9-11-13-15(17)18/h7,9,11,13-14H,5-6,8,10,12H2,1-4H3/p+1. The van der Waals surface area contributed by atoms with Crippen molar-refractivity contribution in [2.75, 3.05) is 21.1 Å². The Morgan fingerprint density at radius 1 is 1.17 bits per heavy atom. The first-order chi connectivity index (χ1) is 8.34. The fourth-order valence-electron chi connectivity index (χ4n) is 1.58. The number of hydrogen-bond donors (Lipinski definition) is 1. The van der Waals surface area contributed by atoms with Gasteiger partial charge in [-0.3, -0.25) is 0 Å². The van der Waals surface area contributed by atoms with Gasteiger partial charge in [0.05, 0.1) is 27.2 Å². The first-order valence-corrected chi connectivity index (χ1v) is 6.71. The molecule has 1 atom stereocenters. The summed E-state index contributed by atoms with van der Waals surface area (Å²) in [6.45, 7) is 2.30. The van der Waals surface area contributed by atoms with E-state index in [0.29, 0.717) is 6.04 Å². The molecule has 3 nitrogen and oxygen atoms in total. The molecule has 0 aliphatic carbocycles. The Morgan fingerprint density at radius 2 is 1.83 bits per heavy atom. The SMILES string of the molecule is CC(CCCCCC=CC=CC(=O)O)[N+](C)(C)C. The molecule has 0 aromatic heterocycles. The van der Waals surface area contributed by atoms with Crippen molar-refractivity contribution in [3.8, 4) is 0 Å². The van der Waals surface area contributed by atoms with Crippen molar-refractivity contribution in [1.82, 2.24) is 0 Å². The van der Waals surface area contributed by atoms with E-state index in [0.717, 1.165) is 17.0 Å². The summed E-state index contributed by atoms with van der Waals surface area (Å²) in [6, 6.07) is 0.707. The number of nitrogens with zero attached hydrogens (tertiary/aromatic N) is 1. The molecule has 1 unspecified atom stereocenters. The van der Waals surface area contributed by atoms with Gasteiger partial charge in [0.2, 0.25) is 0 Å². The average molecular weight is 254 g/mol. The van der Waals surface area contributed by atoms with E-state index in [9.17, 15) is 4.79 Å².